The first-order chi connectivity index (χ1) is 5.37. The van der Waals surface area contributed by atoms with Crippen molar-refractivity contribution in [2.45, 2.75) is 24.8 Å². The summed E-state index contributed by atoms with van der Waals surface area (Å²) in [6.07, 6.45) is 8.83. The van der Waals surface area contributed by atoms with E-state index in [-0.39, 0.29) is 12.1 Å². The van der Waals surface area contributed by atoms with Gasteiger partial charge in [0.2, 0.25) is 0 Å². The number of hydrogen-bond acceptors (Lipinski definition) is 2. The second-order valence-electron chi connectivity index (χ2n) is 3.17. The normalized spacial score (nSPS) is 20.1. The van der Waals surface area contributed by atoms with E-state index in [9.17, 15) is 0 Å². The van der Waals surface area contributed by atoms with Crippen LogP contribution in [-0.4, -0.2) is 21.3 Å². The van der Waals surface area contributed by atoms with Crippen LogP contribution >= 0.6 is 0 Å². The van der Waals surface area contributed by atoms with E-state index in [1.54, 1.807) is 6.20 Å². The maximum absolute atomic E-state index is 8.81. The van der Waals surface area contributed by atoms with Crippen LogP contribution in [0.4, 0.5) is 0 Å². The lowest BCUT2D eigenvalue weighted by molar-refractivity contribution is 0.248. The van der Waals surface area contributed by atoms with Gasteiger partial charge in [-0.2, -0.15) is 0 Å². The SMILES string of the molecule is OCCC1(n2ccnc2)CC1. The van der Waals surface area contributed by atoms with Crippen LogP contribution < -0.4 is 0 Å². The van der Waals surface area contributed by atoms with Gasteiger partial charge in [0.25, 0.3) is 0 Å². The van der Waals surface area contributed by atoms with Crippen LogP contribution in [0.1, 0.15) is 19.3 Å². The standard InChI is InChI=1S/C8H12N2O/c11-6-3-8(1-2-8)10-5-4-9-7-10/h4-5,7,11H,1-3,6H2. The van der Waals surface area contributed by atoms with Crippen molar-refractivity contribution in [3.05, 3.63) is 18.7 Å². The Morgan fingerprint density at radius 3 is 2.82 bits per heavy atom. The Bertz CT molecular complexity index is 226. The van der Waals surface area contributed by atoms with Crippen LogP contribution in [0.5, 0.6) is 0 Å². The molecule has 1 heterocycles. The van der Waals surface area contributed by atoms with Crippen LogP contribution in [0.25, 0.3) is 0 Å². The lowest BCUT2D eigenvalue weighted by Gasteiger charge is -2.14. The van der Waals surface area contributed by atoms with Gasteiger partial charge in [-0.05, 0) is 19.3 Å². The Morgan fingerprint density at radius 1 is 1.55 bits per heavy atom. The van der Waals surface area contributed by atoms with Gasteiger partial charge in [0.05, 0.1) is 6.33 Å². The molecule has 11 heavy (non-hydrogen) atoms. The van der Waals surface area contributed by atoms with E-state index in [0.29, 0.717) is 0 Å². The molecule has 1 N–H and O–H groups in total. The van der Waals surface area contributed by atoms with Crippen LogP contribution in [-0.2, 0) is 5.54 Å². The Hall–Kier alpha value is -0.830. The molecule has 1 aromatic heterocycles. The van der Waals surface area contributed by atoms with Gasteiger partial charge in [0, 0.05) is 24.5 Å². The Kier molecular flexibility index (Phi) is 1.46. The number of aliphatic hydroxyl groups is 1. The molecule has 3 nitrogen and oxygen atoms in total. The Morgan fingerprint density at radius 2 is 2.36 bits per heavy atom. The fourth-order valence-corrected chi connectivity index (χ4v) is 1.53. The van der Waals surface area contributed by atoms with Crippen LogP contribution in [0.3, 0.4) is 0 Å². The van der Waals surface area contributed by atoms with E-state index in [0.717, 1.165) is 6.42 Å². The van der Waals surface area contributed by atoms with Crippen molar-refractivity contribution in [3.63, 3.8) is 0 Å². The highest BCUT2D eigenvalue weighted by Crippen LogP contribution is 2.45. The van der Waals surface area contributed by atoms with E-state index in [4.69, 9.17) is 5.11 Å². The van der Waals surface area contributed by atoms with Gasteiger partial charge < -0.3 is 9.67 Å². The highest BCUT2D eigenvalue weighted by atomic mass is 16.3. The highest BCUT2D eigenvalue weighted by molar-refractivity contribution is 5.01. The number of rotatable bonds is 3. The number of aliphatic hydroxyl groups excluding tert-OH is 1. The van der Waals surface area contributed by atoms with Gasteiger partial charge in [-0.25, -0.2) is 4.98 Å². The maximum Gasteiger partial charge on any atom is 0.0951 e. The zero-order valence-electron chi connectivity index (χ0n) is 6.40. The van der Waals surface area contributed by atoms with Crippen molar-refractivity contribution in [2.75, 3.05) is 6.61 Å². The van der Waals surface area contributed by atoms with E-state index in [2.05, 4.69) is 9.55 Å². The number of imidazole rings is 1. The Balaban J connectivity index is 2.15. The third-order valence-electron chi connectivity index (χ3n) is 2.46. The van der Waals surface area contributed by atoms with Crippen molar-refractivity contribution in [1.82, 2.24) is 9.55 Å². The fraction of sp³-hybridized carbons (Fsp3) is 0.625. The second kappa shape index (κ2) is 2.34. The van der Waals surface area contributed by atoms with Crippen molar-refractivity contribution >= 4 is 0 Å². The molecule has 1 saturated carbocycles. The molecular formula is C8H12N2O. The summed E-state index contributed by atoms with van der Waals surface area (Å²) in [6.45, 7) is 0.276. The molecule has 0 aliphatic heterocycles. The molecular weight excluding hydrogens is 140 g/mol. The molecule has 0 atom stereocenters. The minimum absolute atomic E-state index is 0.227. The topological polar surface area (TPSA) is 38.0 Å². The molecule has 0 bridgehead atoms. The predicted molar refractivity (Wildman–Crippen MR) is 41.1 cm³/mol. The first-order valence-corrected chi connectivity index (χ1v) is 3.97. The minimum Gasteiger partial charge on any atom is -0.396 e. The number of aromatic nitrogens is 2. The van der Waals surface area contributed by atoms with Crippen molar-refractivity contribution < 1.29 is 5.11 Å². The molecule has 1 aromatic rings. The first-order valence-electron chi connectivity index (χ1n) is 3.97. The molecule has 1 aliphatic carbocycles. The summed E-state index contributed by atoms with van der Waals surface area (Å²) >= 11 is 0. The smallest absolute Gasteiger partial charge is 0.0951 e. The van der Waals surface area contributed by atoms with Gasteiger partial charge in [0.1, 0.15) is 0 Å². The average Bonchev–Trinajstić information content (AvgIpc) is 2.63. The third kappa shape index (κ3) is 1.05. The molecule has 1 fully saturated rings. The molecule has 0 aromatic carbocycles. The molecule has 0 amide bonds. The van der Waals surface area contributed by atoms with Crippen LogP contribution in [0.2, 0.25) is 0 Å². The van der Waals surface area contributed by atoms with Gasteiger partial charge in [-0.1, -0.05) is 0 Å². The maximum atomic E-state index is 8.81. The van der Waals surface area contributed by atoms with E-state index >= 15 is 0 Å². The predicted octanol–water partition coefficient (Wildman–Crippen LogP) is 0.755. The number of hydrogen-bond donors (Lipinski definition) is 1. The number of nitrogens with zero attached hydrogens (tertiary/aromatic N) is 2. The zero-order chi connectivity index (χ0) is 7.73. The van der Waals surface area contributed by atoms with Crippen LogP contribution in [0, 0.1) is 0 Å². The summed E-state index contributed by atoms with van der Waals surface area (Å²) in [5.41, 5.74) is 0.227. The van der Waals surface area contributed by atoms with E-state index in [1.807, 2.05) is 12.5 Å². The molecule has 3 heteroatoms. The van der Waals surface area contributed by atoms with Crippen molar-refractivity contribution in [3.8, 4) is 0 Å². The summed E-state index contributed by atoms with van der Waals surface area (Å²) in [6, 6.07) is 0. The zero-order valence-corrected chi connectivity index (χ0v) is 6.40. The van der Waals surface area contributed by atoms with E-state index < -0.39 is 0 Å². The van der Waals surface area contributed by atoms with E-state index in [1.165, 1.54) is 12.8 Å². The molecule has 60 valence electrons. The summed E-state index contributed by atoms with van der Waals surface area (Å²) in [4.78, 5) is 3.99. The summed E-state index contributed by atoms with van der Waals surface area (Å²) < 4.78 is 2.11. The second-order valence-corrected chi connectivity index (χ2v) is 3.17. The Labute approximate surface area is 65.7 Å². The minimum atomic E-state index is 0.227. The molecule has 0 saturated heterocycles. The van der Waals surface area contributed by atoms with Gasteiger partial charge in [-0.15, -0.1) is 0 Å². The lowest BCUT2D eigenvalue weighted by atomic mass is 10.2. The summed E-state index contributed by atoms with van der Waals surface area (Å²) in [5, 5.41) is 8.81. The highest BCUT2D eigenvalue weighted by Gasteiger charge is 2.43. The lowest BCUT2D eigenvalue weighted by Crippen LogP contribution is -2.16. The summed E-state index contributed by atoms with van der Waals surface area (Å²) in [5.74, 6) is 0. The molecule has 0 spiro atoms. The van der Waals surface area contributed by atoms with Crippen LogP contribution in [0.15, 0.2) is 18.7 Å². The average molecular weight is 152 g/mol. The van der Waals surface area contributed by atoms with Gasteiger partial charge in [0.15, 0.2) is 0 Å². The molecule has 1 aliphatic rings. The van der Waals surface area contributed by atoms with Gasteiger partial charge >= 0.3 is 0 Å². The van der Waals surface area contributed by atoms with Crippen molar-refractivity contribution in [2.24, 2.45) is 0 Å². The molecule has 0 radical (unpaired) electrons. The summed E-state index contributed by atoms with van der Waals surface area (Å²) in [7, 11) is 0. The van der Waals surface area contributed by atoms with Gasteiger partial charge in [-0.3, -0.25) is 0 Å². The van der Waals surface area contributed by atoms with Crippen molar-refractivity contribution in [1.29, 1.82) is 0 Å². The molecule has 0 unspecified atom stereocenters. The fourth-order valence-electron chi connectivity index (χ4n) is 1.53. The largest absolute Gasteiger partial charge is 0.396 e. The monoisotopic (exact) mass is 152 g/mol. The molecule has 2 rings (SSSR count). The third-order valence-corrected chi connectivity index (χ3v) is 2.46. The quantitative estimate of drug-likeness (QED) is 0.694. The first kappa shape index (κ1) is 6.85.